The predicted octanol–water partition coefficient (Wildman–Crippen LogP) is 3.32. The third-order valence-electron chi connectivity index (χ3n) is 3.30. The minimum absolute atomic E-state index is 0.00238. The van der Waals surface area contributed by atoms with Gasteiger partial charge in [-0.2, -0.15) is 0 Å². The second-order valence-corrected chi connectivity index (χ2v) is 6.57. The van der Waals surface area contributed by atoms with Gasteiger partial charge in [-0.1, -0.05) is 41.0 Å². The molecule has 1 N–H and O–H groups in total. The van der Waals surface area contributed by atoms with Gasteiger partial charge in [0, 0.05) is 21.7 Å². The number of amides is 1. The highest BCUT2D eigenvalue weighted by Gasteiger charge is 2.45. The number of benzene rings is 1. The molecule has 2 atom stereocenters. The number of nitrogens with zero attached hydrogens (tertiary/aromatic N) is 1. The molecular weight excluding hydrogens is 303 g/mol. The highest BCUT2D eigenvalue weighted by molar-refractivity contribution is 8.14. The van der Waals surface area contributed by atoms with E-state index in [1.54, 1.807) is 17.8 Å². The third-order valence-corrected chi connectivity index (χ3v) is 4.76. The van der Waals surface area contributed by atoms with Crippen molar-refractivity contribution in [2.24, 2.45) is 10.9 Å². The van der Waals surface area contributed by atoms with Gasteiger partial charge >= 0.3 is 0 Å². The van der Waals surface area contributed by atoms with Gasteiger partial charge in [0.15, 0.2) is 5.17 Å². The van der Waals surface area contributed by atoms with Crippen LogP contribution in [0.2, 0.25) is 10.0 Å². The van der Waals surface area contributed by atoms with Gasteiger partial charge in [0.2, 0.25) is 5.91 Å². The Morgan fingerprint density at radius 1 is 1.42 bits per heavy atom. The van der Waals surface area contributed by atoms with Crippen molar-refractivity contribution in [3.05, 3.63) is 33.8 Å². The molecule has 1 aliphatic heterocycles. The number of aliphatic imine (C=N–C) groups is 1. The van der Waals surface area contributed by atoms with E-state index in [1.807, 2.05) is 12.1 Å². The van der Waals surface area contributed by atoms with E-state index >= 15 is 0 Å². The number of halogens is 2. The molecular formula is C13H12Cl2N2OS. The van der Waals surface area contributed by atoms with Gasteiger partial charge in [0.05, 0.1) is 6.54 Å². The fourth-order valence-corrected chi connectivity index (χ4v) is 3.52. The van der Waals surface area contributed by atoms with E-state index in [1.165, 1.54) is 0 Å². The highest BCUT2D eigenvalue weighted by Crippen LogP contribution is 2.50. The van der Waals surface area contributed by atoms with E-state index in [4.69, 9.17) is 23.2 Å². The monoisotopic (exact) mass is 314 g/mol. The average molecular weight is 315 g/mol. The zero-order valence-corrected chi connectivity index (χ0v) is 12.4. The number of carbonyl (C=O) groups excluding carboxylic acids is 1. The van der Waals surface area contributed by atoms with Crippen LogP contribution in [0.1, 0.15) is 17.9 Å². The van der Waals surface area contributed by atoms with E-state index in [0.29, 0.717) is 10.0 Å². The van der Waals surface area contributed by atoms with Gasteiger partial charge in [-0.15, -0.1) is 0 Å². The number of carbonyl (C=O) groups is 1. The molecule has 19 heavy (non-hydrogen) atoms. The Balaban J connectivity index is 1.65. The predicted molar refractivity (Wildman–Crippen MR) is 80.2 cm³/mol. The summed E-state index contributed by atoms with van der Waals surface area (Å²) in [6.45, 7) is 0.789. The molecule has 3 rings (SSSR count). The third kappa shape index (κ3) is 2.91. The average Bonchev–Trinajstić information content (AvgIpc) is 2.99. The van der Waals surface area contributed by atoms with Gasteiger partial charge < -0.3 is 5.32 Å². The summed E-state index contributed by atoms with van der Waals surface area (Å²) in [6, 6.07) is 5.44. The summed E-state index contributed by atoms with van der Waals surface area (Å²) in [5.74, 6) is 1.20. The molecule has 1 aromatic rings. The van der Waals surface area contributed by atoms with Gasteiger partial charge in [-0.05, 0) is 30.0 Å². The Kier molecular flexibility index (Phi) is 3.74. The van der Waals surface area contributed by atoms with Gasteiger partial charge in [-0.3, -0.25) is 9.79 Å². The van der Waals surface area contributed by atoms with Crippen LogP contribution in [0.5, 0.6) is 0 Å². The van der Waals surface area contributed by atoms with E-state index in [2.05, 4.69) is 10.3 Å². The zero-order chi connectivity index (χ0) is 13.4. The summed E-state index contributed by atoms with van der Waals surface area (Å²) < 4.78 is 0. The Hall–Kier alpha value is -0.710. The molecule has 0 aromatic heterocycles. The molecule has 1 saturated carbocycles. The Morgan fingerprint density at radius 2 is 2.26 bits per heavy atom. The molecule has 3 nitrogen and oxygen atoms in total. The summed E-state index contributed by atoms with van der Waals surface area (Å²) in [5, 5.41) is 4.88. The Bertz CT molecular complexity index is 562. The number of thioether (sulfide) groups is 1. The lowest BCUT2D eigenvalue weighted by molar-refractivity contribution is -0.120. The fourth-order valence-electron chi connectivity index (χ4n) is 2.24. The fraction of sp³-hybridized carbons (Fsp3) is 0.385. The van der Waals surface area contributed by atoms with Crippen molar-refractivity contribution in [1.82, 2.24) is 5.32 Å². The molecule has 2 aliphatic rings. The summed E-state index contributed by atoms with van der Waals surface area (Å²) >= 11 is 13.6. The van der Waals surface area contributed by atoms with Gasteiger partial charge in [0.25, 0.3) is 0 Å². The molecule has 1 amide bonds. The minimum atomic E-state index is 0.00238. The van der Waals surface area contributed by atoms with Crippen molar-refractivity contribution in [2.45, 2.75) is 12.3 Å². The van der Waals surface area contributed by atoms with Crippen LogP contribution >= 0.6 is 35.0 Å². The van der Waals surface area contributed by atoms with Crippen molar-refractivity contribution in [2.75, 3.05) is 12.3 Å². The van der Waals surface area contributed by atoms with Crippen LogP contribution in [0.3, 0.4) is 0 Å². The molecule has 0 radical (unpaired) electrons. The summed E-state index contributed by atoms with van der Waals surface area (Å²) in [6.07, 6.45) is 0.838. The van der Waals surface area contributed by atoms with Gasteiger partial charge in [0.1, 0.15) is 0 Å². The maximum atomic E-state index is 12.0. The summed E-state index contributed by atoms with van der Waals surface area (Å²) in [5.41, 5.74) is 1.01. The lowest BCUT2D eigenvalue weighted by Gasteiger charge is -2.05. The molecule has 1 aliphatic carbocycles. The Labute approximate surface area is 125 Å². The van der Waals surface area contributed by atoms with E-state index in [9.17, 15) is 4.79 Å². The smallest absolute Gasteiger partial charge is 0.229 e. The largest absolute Gasteiger partial charge is 0.305 e. The first kappa shape index (κ1) is 13.3. The molecule has 0 unspecified atom stereocenters. The summed E-state index contributed by atoms with van der Waals surface area (Å²) in [7, 11) is 0. The number of hydrogen-bond donors (Lipinski definition) is 1. The van der Waals surface area contributed by atoms with Crippen molar-refractivity contribution in [1.29, 1.82) is 0 Å². The first-order valence-electron chi connectivity index (χ1n) is 6.08. The number of rotatable bonds is 2. The molecule has 100 valence electrons. The van der Waals surface area contributed by atoms with Crippen molar-refractivity contribution >= 4 is 46.0 Å². The van der Waals surface area contributed by atoms with Crippen LogP contribution in [0.4, 0.5) is 0 Å². The molecule has 1 heterocycles. The van der Waals surface area contributed by atoms with Crippen LogP contribution in [0.25, 0.3) is 0 Å². The van der Waals surface area contributed by atoms with Crippen LogP contribution in [0.15, 0.2) is 23.2 Å². The lowest BCUT2D eigenvalue weighted by Crippen LogP contribution is -2.29. The van der Waals surface area contributed by atoms with Crippen LogP contribution in [0, 0.1) is 5.92 Å². The number of nitrogens with one attached hydrogen (secondary N) is 1. The molecule has 1 fully saturated rings. The van der Waals surface area contributed by atoms with Crippen molar-refractivity contribution in [3.8, 4) is 0 Å². The quantitative estimate of drug-likeness (QED) is 0.909. The second kappa shape index (κ2) is 5.35. The topological polar surface area (TPSA) is 41.5 Å². The normalized spacial score (nSPS) is 25.1. The number of amidine groups is 1. The van der Waals surface area contributed by atoms with Crippen LogP contribution in [-0.4, -0.2) is 23.4 Å². The van der Waals surface area contributed by atoms with Crippen LogP contribution < -0.4 is 5.32 Å². The van der Waals surface area contributed by atoms with Crippen molar-refractivity contribution < 1.29 is 4.79 Å². The maximum Gasteiger partial charge on any atom is 0.229 e. The van der Waals surface area contributed by atoms with E-state index in [-0.39, 0.29) is 17.7 Å². The highest BCUT2D eigenvalue weighted by atomic mass is 35.5. The molecule has 0 spiro atoms. The number of hydrogen-bond acceptors (Lipinski definition) is 3. The molecule has 0 saturated heterocycles. The minimum Gasteiger partial charge on any atom is -0.305 e. The SMILES string of the molecule is O=C(NC1=NCCS1)[C@@H]1C[C@@H]1c1ccc(Cl)cc1Cl. The molecule has 1 aromatic carbocycles. The van der Waals surface area contributed by atoms with Crippen molar-refractivity contribution in [3.63, 3.8) is 0 Å². The lowest BCUT2D eigenvalue weighted by atomic mass is 10.1. The standard InChI is InChI=1S/C13H12Cl2N2OS/c14-7-1-2-8(11(15)5-7)9-6-10(9)12(18)17-13-16-3-4-19-13/h1-2,5,9-10H,3-4,6H2,(H,16,17,18)/t9-,10-/m1/s1. The summed E-state index contributed by atoms with van der Waals surface area (Å²) in [4.78, 5) is 16.3. The first-order chi connectivity index (χ1) is 9.15. The molecule has 0 bridgehead atoms. The first-order valence-corrected chi connectivity index (χ1v) is 7.82. The van der Waals surface area contributed by atoms with E-state index < -0.39 is 0 Å². The molecule has 6 heteroatoms. The Morgan fingerprint density at radius 3 is 2.95 bits per heavy atom. The maximum absolute atomic E-state index is 12.0. The van der Waals surface area contributed by atoms with Crippen LogP contribution in [-0.2, 0) is 4.79 Å². The van der Waals surface area contributed by atoms with Gasteiger partial charge in [-0.25, -0.2) is 0 Å². The van der Waals surface area contributed by atoms with E-state index in [0.717, 1.165) is 29.4 Å². The zero-order valence-electron chi connectivity index (χ0n) is 10.0. The second-order valence-electron chi connectivity index (χ2n) is 4.64.